The monoisotopic (exact) mass is 580 g/mol. The molecular formula is C41H60N2. The van der Waals surface area contributed by atoms with Gasteiger partial charge in [0.05, 0.1) is 5.54 Å². The van der Waals surface area contributed by atoms with E-state index in [9.17, 15) is 0 Å². The predicted molar refractivity (Wildman–Crippen MR) is 191 cm³/mol. The normalized spacial score (nSPS) is 19.0. The number of unbranched alkanes of at least 4 members (excludes halogenated alkanes) is 6. The van der Waals surface area contributed by atoms with Crippen LogP contribution >= 0.6 is 0 Å². The van der Waals surface area contributed by atoms with Crippen molar-refractivity contribution in [3.05, 3.63) is 89.0 Å². The summed E-state index contributed by atoms with van der Waals surface area (Å²) in [6.07, 6.45) is 23.0. The molecule has 43 heavy (non-hydrogen) atoms. The van der Waals surface area contributed by atoms with Gasteiger partial charge < -0.3 is 10.6 Å². The molecule has 1 unspecified atom stereocenters. The molecule has 0 saturated heterocycles. The van der Waals surface area contributed by atoms with E-state index in [0.29, 0.717) is 5.92 Å². The maximum Gasteiger partial charge on any atom is 0.0724 e. The van der Waals surface area contributed by atoms with E-state index < -0.39 is 0 Å². The van der Waals surface area contributed by atoms with Crippen LogP contribution in [0, 0.1) is 11.3 Å². The lowest BCUT2D eigenvalue weighted by atomic mass is 9.64. The highest BCUT2D eigenvalue weighted by Crippen LogP contribution is 2.56. The second-order valence-corrected chi connectivity index (χ2v) is 15.6. The van der Waals surface area contributed by atoms with E-state index in [4.69, 9.17) is 5.73 Å². The van der Waals surface area contributed by atoms with Crippen LogP contribution in [0.4, 0.5) is 11.4 Å². The molecule has 2 N–H and O–H groups in total. The number of nitrogen functional groups attached to an aromatic ring is 1. The maximum atomic E-state index is 6.44. The van der Waals surface area contributed by atoms with Crippen molar-refractivity contribution in [3.8, 4) is 0 Å². The third-order valence-electron chi connectivity index (χ3n) is 10.0. The van der Waals surface area contributed by atoms with Crippen molar-refractivity contribution in [2.45, 2.75) is 130 Å². The summed E-state index contributed by atoms with van der Waals surface area (Å²) in [4.78, 5) is 2.71. The molecule has 0 fully saturated rings. The summed E-state index contributed by atoms with van der Waals surface area (Å²) in [6.45, 7) is 22.0. The first-order chi connectivity index (χ1) is 20.3. The number of fused-ring (bicyclic) bond motifs is 2. The topological polar surface area (TPSA) is 29.3 Å². The van der Waals surface area contributed by atoms with E-state index in [1.54, 1.807) is 0 Å². The largest absolute Gasteiger partial charge is 0.399 e. The Kier molecular flexibility index (Phi) is 10.7. The van der Waals surface area contributed by atoms with Crippen molar-refractivity contribution in [2.75, 3.05) is 17.2 Å². The smallest absolute Gasteiger partial charge is 0.0724 e. The van der Waals surface area contributed by atoms with E-state index >= 15 is 0 Å². The summed E-state index contributed by atoms with van der Waals surface area (Å²) >= 11 is 0. The Hall–Kier alpha value is -2.74. The average Bonchev–Trinajstić information content (AvgIpc) is 3.11. The molecular weight excluding hydrogens is 520 g/mol. The molecule has 0 radical (unpaired) electrons. The van der Waals surface area contributed by atoms with Gasteiger partial charge in [-0.25, -0.2) is 0 Å². The molecule has 2 aromatic carbocycles. The highest BCUT2D eigenvalue weighted by Gasteiger charge is 2.56. The molecule has 1 heterocycles. The molecule has 234 valence electrons. The van der Waals surface area contributed by atoms with Crippen LogP contribution in [0.1, 0.15) is 129 Å². The second-order valence-electron chi connectivity index (χ2n) is 15.6. The fourth-order valence-corrected chi connectivity index (χ4v) is 7.31. The van der Waals surface area contributed by atoms with Gasteiger partial charge in [0.1, 0.15) is 0 Å². The minimum Gasteiger partial charge on any atom is -0.399 e. The molecule has 0 amide bonds. The van der Waals surface area contributed by atoms with Crippen LogP contribution in [0.15, 0.2) is 66.8 Å². The fraction of sp³-hybridized carbons (Fsp3) is 0.561. The molecule has 0 bridgehead atoms. The molecule has 1 atom stereocenters. The molecule has 2 aromatic rings. The van der Waals surface area contributed by atoms with Crippen LogP contribution in [0.25, 0.3) is 6.08 Å². The highest BCUT2D eigenvalue weighted by molar-refractivity contribution is 5.75. The Morgan fingerprint density at radius 3 is 2.44 bits per heavy atom. The van der Waals surface area contributed by atoms with Crippen LogP contribution in [-0.2, 0) is 18.3 Å². The molecule has 4 rings (SSSR count). The van der Waals surface area contributed by atoms with Gasteiger partial charge in [-0.15, -0.1) is 0 Å². The zero-order valence-corrected chi connectivity index (χ0v) is 28.6. The first kappa shape index (κ1) is 33.2. The van der Waals surface area contributed by atoms with Crippen LogP contribution in [0.3, 0.4) is 0 Å². The number of nitrogens with two attached hydrogens (primary N) is 1. The molecule has 2 heteroatoms. The van der Waals surface area contributed by atoms with Crippen molar-refractivity contribution in [1.29, 1.82) is 0 Å². The van der Waals surface area contributed by atoms with Crippen LogP contribution in [-0.4, -0.2) is 12.1 Å². The average molecular weight is 581 g/mol. The zero-order valence-electron chi connectivity index (χ0n) is 28.6. The Labute approximate surface area is 264 Å². The van der Waals surface area contributed by atoms with Crippen molar-refractivity contribution < 1.29 is 0 Å². The molecule has 0 aromatic heterocycles. The second kappa shape index (κ2) is 13.9. The maximum absolute atomic E-state index is 6.44. The minimum absolute atomic E-state index is 0.0366. The molecule has 2 aliphatic rings. The van der Waals surface area contributed by atoms with Crippen LogP contribution in [0.5, 0.6) is 0 Å². The lowest BCUT2D eigenvalue weighted by Gasteiger charge is -2.49. The Morgan fingerprint density at radius 1 is 1.02 bits per heavy atom. The number of aryl methyl sites for hydroxylation is 1. The van der Waals surface area contributed by atoms with E-state index in [2.05, 4.69) is 121 Å². The van der Waals surface area contributed by atoms with Gasteiger partial charge in [-0.2, -0.15) is 0 Å². The Morgan fingerprint density at radius 2 is 1.72 bits per heavy atom. The number of allylic oxidation sites excluding steroid dienone is 2. The molecule has 1 aliphatic heterocycles. The van der Waals surface area contributed by atoms with Gasteiger partial charge in [-0.1, -0.05) is 129 Å². The van der Waals surface area contributed by atoms with Gasteiger partial charge in [0, 0.05) is 29.8 Å². The quantitative estimate of drug-likeness (QED) is 0.137. The predicted octanol–water partition coefficient (Wildman–Crippen LogP) is 11.2. The molecule has 1 aliphatic carbocycles. The molecule has 1 spiro atoms. The number of rotatable bonds is 14. The van der Waals surface area contributed by atoms with E-state index in [1.165, 1.54) is 78.5 Å². The SMILES string of the molecule is C=C(CCCCCCCC/C=C/C(C)C)CN1c2ccccc2C(C)(C)C12C=Cc1cc(N)cc(CCC(C)(C)C)c1C2. The number of hydrogen-bond donors (Lipinski definition) is 1. The van der Waals surface area contributed by atoms with Gasteiger partial charge >= 0.3 is 0 Å². The zero-order chi connectivity index (χ0) is 31.3. The minimum atomic E-state index is -0.136. The van der Waals surface area contributed by atoms with E-state index in [1.807, 2.05) is 0 Å². The van der Waals surface area contributed by atoms with Crippen LogP contribution < -0.4 is 10.6 Å². The lowest BCUT2D eigenvalue weighted by Crippen LogP contribution is -2.57. The van der Waals surface area contributed by atoms with Crippen molar-refractivity contribution in [3.63, 3.8) is 0 Å². The summed E-state index contributed by atoms with van der Waals surface area (Å²) in [5, 5.41) is 0. The van der Waals surface area contributed by atoms with Crippen LogP contribution in [0.2, 0.25) is 0 Å². The Balaban J connectivity index is 1.46. The van der Waals surface area contributed by atoms with Crippen molar-refractivity contribution in [2.24, 2.45) is 11.3 Å². The van der Waals surface area contributed by atoms with Gasteiger partial charge in [-0.05, 0) is 90.3 Å². The third-order valence-corrected chi connectivity index (χ3v) is 10.0. The number of nitrogens with zero attached hydrogens (tertiary/aromatic N) is 1. The number of anilines is 2. The van der Waals surface area contributed by atoms with Crippen molar-refractivity contribution >= 4 is 17.5 Å². The standard InChI is InChI=1S/C41H60N2/c1-31(2)19-15-13-11-9-10-12-14-16-20-32(3)30-43-38-22-18-17-21-37(38)40(7,8)41(43)26-24-34-28-35(42)27-33(36(34)29-41)23-25-39(4,5)6/h15,17-19,21-22,24,26-28,31H,3,9-14,16,20,23,25,29-30,42H2,1-2,4-8H3/b19-15+. The lowest BCUT2D eigenvalue weighted by molar-refractivity contribution is 0.321. The number of para-hydroxylation sites is 1. The van der Waals surface area contributed by atoms with Gasteiger partial charge in [0.25, 0.3) is 0 Å². The third kappa shape index (κ3) is 7.86. The number of hydrogen-bond acceptors (Lipinski definition) is 2. The summed E-state index contributed by atoms with van der Waals surface area (Å²) in [7, 11) is 0. The molecule has 2 nitrogen and oxygen atoms in total. The summed E-state index contributed by atoms with van der Waals surface area (Å²) in [5.74, 6) is 0.670. The first-order valence-corrected chi connectivity index (χ1v) is 17.1. The Bertz CT molecular complexity index is 1300. The molecule has 0 saturated carbocycles. The summed E-state index contributed by atoms with van der Waals surface area (Å²) in [6, 6.07) is 13.5. The van der Waals surface area contributed by atoms with Gasteiger partial charge in [0.2, 0.25) is 0 Å². The van der Waals surface area contributed by atoms with Gasteiger partial charge in [-0.3, -0.25) is 0 Å². The summed E-state index contributed by atoms with van der Waals surface area (Å²) < 4.78 is 0. The van der Waals surface area contributed by atoms with E-state index in [-0.39, 0.29) is 16.4 Å². The van der Waals surface area contributed by atoms with Crippen molar-refractivity contribution in [1.82, 2.24) is 0 Å². The highest BCUT2D eigenvalue weighted by atomic mass is 15.2. The van der Waals surface area contributed by atoms with Gasteiger partial charge in [0.15, 0.2) is 0 Å². The fourth-order valence-electron chi connectivity index (χ4n) is 7.31. The summed E-state index contributed by atoms with van der Waals surface area (Å²) in [5.41, 5.74) is 15.8. The first-order valence-electron chi connectivity index (χ1n) is 17.1. The van der Waals surface area contributed by atoms with E-state index in [0.717, 1.165) is 37.9 Å². The number of benzene rings is 2.